The zero-order valence-electron chi connectivity index (χ0n) is 20.3. The van der Waals surface area contributed by atoms with Gasteiger partial charge in [0.1, 0.15) is 0 Å². The molecule has 0 aromatic carbocycles. The molecule has 186 valence electrons. The lowest BCUT2D eigenvalue weighted by Crippen LogP contribution is -2.05. The number of hydrogen-bond acceptors (Lipinski definition) is 9. The van der Waals surface area contributed by atoms with E-state index in [1.54, 1.807) is 6.08 Å². The van der Waals surface area contributed by atoms with E-state index < -0.39 is 23.0 Å². The first-order valence-corrected chi connectivity index (χ1v) is 15.7. The van der Waals surface area contributed by atoms with Crippen molar-refractivity contribution in [3.8, 4) is 0 Å². The number of nitrogens with zero attached hydrogens (tertiary/aromatic N) is 3. The molecule has 9 nitrogen and oxygen atoms in total. The Morgan fingerprint density at radius 2 is 1.12 bits per heavy atom. The van der Waals surface area contributed by atoms with Gasteiger partial charge in [0.05, 0.1) is 39.6 Å². The third-order valence-electron chi connectivity index (χ3n) is 3.75. The van der Waals surface area contributed by atoms with E-state index in [1.807, 2.05) is 53.7 Å². The van der Waals surface area contributed by atoms with Gasteiger partial charge in [-0.15, -0.1) is 13.5 Å². The van der Waals surface area contributed by atoms with Gasteiger partial charge in [0, 0.05) is 0 Å². The van der Waals surface area contributed by atoms with Crippen LogP contribution < -0.4 is 0 Å². The third-order valence-corrected chi connectivity index (χ3v) is 12.7. The highest BCUT2D eigenvalue weighted by atomic mass is 31.3. The Morgan fingerprint density at radius 1 is 0.719 bits per heavy atom. The molecule has 0 bridgehead atoms. The summed E-state index contributed by atoms with van der Waals surface area (Å²) in [5.41, 5.74) is 1.17. The first-order chi connectivity index (χ1) is 15.4. The molecule has 1 unspecified atom stereocenters. The van der Waals surface area contributed by atoms with Crippen molar-refractivity contribution in [2.24, 2.45) is 13.5 Å². The van der Waals surface area contributed by atoms with Crippen molar-refractivity contribution in [1.29, 1.82) is 0 Å². The molecule has 12 heteroatoms. The first-order valence-electron chi connectivity index (χ1n) is 11.1. The average Bonchev–Trinajstić information content (AvgIpc) is 2.72. The Morgan fingerprint density at radius 3 is 1.47 bits per heavy atom. The van der Waals surface area contributed by atoms with Gasteiger partial charge in [0.15, 0.2) is 0 Å². The Balaban J connectivity index is 3.41. The lowest BCUT2D eigenvalue weighted by molar-refractivity contribution is 0.229. The van der Waals surface area contributed by atoms with Crippen molar-refractivity contribution < 1.29 is 27.1 Å². The maximum absolute atomic E-state index is 6.27. The van der Waals surface area contributed by atoms with Crippen molar-refractivity contribution >= 4 is 23.0 Å². The maximum atomic E-state index is 6.27. The second-order valence-electron chi connectivity index (χ2n) is 6.24. The molecular weight excluding hydrogens is 471 g/mol. The number of allylic oxidation sites excluding steroid dienone is 5. The molecule has 0 aliphatic carbocycles. The molecule has 0 spiro atoms. The van der Waals surface area contributed by atoms with Crippen molar-refractivity contribution in [1.82, 2.24) is 0 Å². The molecule has 0 aromatic rings. The number of rotatable bonds is 17. The highest BCUT2D eigenvalue weighted by Gasteiger charge is 2.42. The minimum absolute atomic E-state index is 0.359. The molecule has 32 heavy (non-hydrogen) atoms. The summed E-state index contributed by atoms with van der Waals surface area (Å²) in [7, 11) is -9.33. The Labute approximate surface area is 194 Å². The Bertz CT molecular complexity index is 775. The molecule has 0 fully saturated rings. The first kappa shape index (κ1) is 29.7. The van der Waals surface area contributed by atoms with Crippen LogP contribution in [-0.2, 0) is 27.1 Å². The van der Waals surface area contributed by atoms with E-state index in [0.29, 0.717) is 39.6 Å². The van der Waals surface area contributed by atoms with E-state index in [0.717, 1.165) is 12.8 Å². The van der Waals surface area contributed by atoms with Crippen LogP contribution in [0.3, 0.4) is 0 Å². The van der Waals surface area contributed by atoms with Crippen LogP contribution >= 0.6 is 23.0 Å². The molecular formula is C20H40N3O6P3. The fraction of sp³-hybridized carbons (Fsp3) is 0.700. The van der Waals surface area contributed by atoms with Crippen molar-refractivity contribution in [3.05, 3.63) is 36.5 Å². The fourth-order valence-corrected chi connectivity index (χ4v) is 12.4. The Kier molecular flexibility index (Phi) is 14.4. The average molecular weight is 511 g/mol. The fourth-order valence-electron chi connectivity index (χ4n) is 2.79. The molecule has 1 aliphatic heterocycles. The summed E-state index contributed by atoms with van der Waals surface area (Å²) in [5.74, 6) is 0. The lowest BCUT2D eigenvalue weighted by atomic mass is 10.1. The highest BCUT2D eigenvalue weighted by Crippen LogP contribution is 2.80. The van der Waals surface area contributed by atoms with E-state index in [4.69, 9.17) is 40.7 Å². The second-order valence-corrected chi connectivity index (χ2v) is 12.9. The van der Waals surface area contributed by atoms with Gasteiger partial charge in [-0.2, -0.15) is 0 Å². The monoisotopic (exact) mass is 511 g/mol. The van der Waals surface area contributed by atoms with E-state index in [1.165, 1.54) is 5.57 Å². The van der Waals surface area contributed by atoms with Crippen LogP contribution in [-0.4, -0.2) is 39.6 Å². The summed E-state index contributed by atoms with van der Waals surface area (Å²) >= 11 is 0. The normalized spacial score (nSPS) is 22.2. The largest absolute Gasteiger partial charge is 0.349 e. The summed E-state index contributed by atoms with van der Waals surface area (Å²) < 4.78 is 50.5. The smallest absolute Gasteiger partial charge is 0.307 e. The molecule has 1 rings (SSSR count). The van der Waals surface area contributed by atoms with E-state index >= 15 is 0 Å². The third kappa shape index (κ3) is 9.13. The topological polar surface area (TPSA) is 92.5 Å². The molecule has 0 aromatic heterocycles. The molecule has 1 atom stereocenters. The van der Waals surface area contributed by atoms with E-state index in [2.05, 4.69) is 12.7 Å². The van der Waals surface area contributed by atoms with Gasteiger partial charge in [-0.1, -0.05) is 30.9 Å². The quantitative estimate of drug-likeness (QED) is 0.110. The molecule has 0 radical (unpaired) electrons. The molecule has 1 aliphatic rings. The summed E-state index contributed by atoms with van der Waals surface area (Å²) in [6.45, 7) is 17.3. The van der Waals surface area contributed by atoms with Gasteiger partial charge in [0.25, 0.3) is 0 Å². The van der Waals surface area contributed by atoms with Crippen LogP contribution in [0.1, 0.15) is 54.4 Å². The summed E-state index contributed by atoms with van der Waals surface area (Å²) in [4.78, 5) is 0. The highest BCUT2D eigenvalue weighted by molar-refractivity contribution is 7.78. The van der Waals surface area contributed by atoms with Crippen LogP contribution in [0.25, 0.3) is 0 Å². The second kappa shape index (κ2) is 15.5. The molecule has 0 saturated carbocycles. The van der Waals surface area contributed by atoms with Crippen molar-refractivity contribution in [2.75, 3.05) is 39.6 Å². The van der Waals surface area contributed by atoms with Gasteiger partial charge < -0.3 is 27.1 Å². The van der Waals surface area contributed by atoms with Crippen molar-refractivity contribution in [2.45, 2.75) is 54.4 Å². The van der Waals surface area contributed by atoms with Gasteiger partial charge >= 0.3 is 23.0 Å². The van der Waals surface area contributed by atoms with Crippen LogP contribution in [0.15, 0.2) is 50.0 Å². The summed E-state index contributed by atoms with van der Waals surface area (Å²) in [6.07, 6.45) is 9.41. The van der Waals surface area contributed by atoms with Crippen molar-refractivity contribution in [3.63, 3.8) is 0 Å². The SMILES string of the molecule is C=C/C=C(\C=C/C)CCCOP1(OCC)=NP(OCC)(OCC)=NP(OCC)(OCC)=N1. The van der Waals surface area contributed by atoms with Crippen LogP contribution in [0.5, 0.6) is 0 Å². The van der Waals surface area contributed by atoms with Gasteiger partial charge in [-0.05, 0) is 60.0 Å². The van der Waals surface area contributed by atoms with Crippen LogP contribution in [0.2, 0.25) is 0 Å². The Hall–Kier alpha value is -0.330. The zero-order chi connectivity index (χ0) is 23.9. The molecule has 1 heterocycles. The predicted molar refractivity (Wildman–Crippen MR) is 134 cm³/mol. The summed E-state index contributed by atoms with van der Waals surface area (Å²) in [6, 6.07) is 0. The van der Waals surface area contributed by atoms with Crippen LogP contribution in [0.4, 0.5) is 0 Å². The van der Waals surface area contributed by atoms with Crippen LogP contribution in [0, 0.1) is 0 Å². The standard InChI is InChI=1S/C20H40N3O6P3/c1-8-16-20(17-9-2)18-15-19-29-32(28-14-7)22-30(24-10-3,25-11-4)21-31(23-32,26-12-5)27-13-6/h8-9,16-17H,1,10-15,18-19H2,2-7H3/b17-9-,20-16+. The van der Waals surface area contributed by atoms with E-state index in [9.17, 15) is 0 Å². The van der Waals surface area contributed by atoms with Gasteiger partial charge in [-0.3, -0.25) is 0 Å². The minimum atomic E-state index is -3.15. The lowest BCUT2D eigenvalue weighted by Gasteiger charge is -2.32. The number of hydrogen-bond donors (Lipinski definition) is 0. The van der Waals surface area contributed by atoms with E-state index in [-0.39, 0.29) is 0 Å². The molecule has 0 amide bonds. The minimum Gasteiger partial charge on any atom is -0.307 e. The molecule has 0 N–H and O–H groups in total. The van der Waals surface area contributed by atoms with Gasteiger partial charge in [-0.25, -0.2) is 0 Å². The zero-order valence-corrected chi connectivity index (χ0v) is 23.0. The predicted octanol–water partition coefficient (Wildman–Crippen LogP) is 8.51. The summed E-state index contributed by atoms with van der Waals surface area (Å²) in [5, 5.41) is 0. The molecule has 0 saturated heterocycles. The maximum Gasteiger partial charge on any atom is 0.349 e. The van der Waals surface area contributed by atoms with Gasteiger partial charge in [0.2, 0.25) is 0 Å².